The fraction of sp³-hybridized carbons (Fsp3) is 0.189. The smallest absolute Gasteiger partial charge is 0.307 e. The number of ether oxygens (including phenoxy) is 3. The molecule has 11 nitrogen and oxygen atoms in total. The van der Waals surface area contributed by atoms with E-state index in [4.69, 9.17) is 18.6 Å². The Kier molecular flexibility index (Phi) is 10.7. The van der Waals surface area contributed by atoms with E-state index in [1.165, 1.54) is 18.3 Å². The molecule has 0 bridgehead atoms. The summed E-state index contributed by atoms with van der Waals surface area (Å²) in [6.07, 6.45) is 3.73. The van der Waals surface area contributed by atoms with Crippen LogP contribution in [0.4, 0.5) is 5.69 Å². The highest BCUT2D eigenvalue weighted by atomic mass is 16.6. The third-order valence-corrected chi connectivity index (χ3v) is 7.36. The third kappa shape index (κ3) is 8.18. The molecule has 2 heterocycles. The second-order valence-electron chi connectivity index (χ2n) is 10.8. The number of hydrogen-bond acceptors (Lipinski definition) is 8. The van der Waals surface area contributed by atoms with Crippen LogP contribution in [0.3, 0.4) is 0 Å². The number of carbonyl (C=O) groups excluding carboxylic acids is 1. The molecule has 0 aliphatic rings. The Labute approximate surface area is 278 Å². The number of nitrogens with one attached hydrogen (secondary N) is 1. The van der Waals surface area contributed by atoms with Crippen molar-refractivity contribution in [2.45, 2.75) is 40.4 Å². The standard InChI is InChI=1S/C37H36N4O7/c1-5-7-29-20-28(21-35(45-6-2)36(29)47-23-27-10-12-31(13-11-27)41(43)44)22-38-39-37(42)34-19-18-33(48-34)24-46-32-16-14-30(15-17-32)40-25(3)8-9-26(40)4/h5,8-22H,1,6-7,23-24H2,2-4H3,(H,39,42)/b38-22+. The average molecular weight is 649 g/mol. The molecule has 0 atom stereocenters. The van der Waals surface area contributed by atoms with Crippen LogP contribution in [0, 0.1) is 24.0 Å². The summed E-state index contributed by atoms with van der Waals surface area (Å²) >= 11 is 0. The predicted octanol–water partition coefficient (Wildman–Crippen LogP) is 7.64. The Morgan fingerprint density at radius 2 is 1.69 bits per heavy atom. The molecule has 0 radical (unpaired) electrons. The van der Waals surface area contributed by atoms with Crippen LogP contribution in [-0.2, 0) is 19.6 Å². The van der Waals surface area contributed by atoms with Gasteiger partial charge in [0, 0.05) is 34.8 Å². The molecule has 246 valence electrons. The van der Waals surface area contributed by atoms with E-state index < -0.39 is 10.8 Å². The molecule has 0 aliphatic carbocycles. The summed E-state index contributed by atoms with van der Waals surface area (Å²) in [5.74, 6) is 1.77. The zero-order valence-corrected chi connectivity index (χ0v) is 27.0. The van der Waals surface area contributed by atoms with Gasteiger partial charge in [0.2, 0.25) is 0 Å². The summed E-state index contributed by atoms with van der Waals surface area (Å²) in [5.41, 5.74) is 8.09. The van der Waals surface area contributed by atoms with Crippen LogP contribution in [0.5, 0.6) is 17.2 Å². The van der Waals surface area contributed by atoms with E-state index in [9.17, 15) is 14.9 Å². The number of rotatable bonds is 15. The highest BCUT2D eigenvalue weighted by Crippen LogP contribution is 2.34. The fourth-order valence-electron chi connectivity index (χ4n) is 5.08. The number of nitrogens with zero attached hydrogens (tertiary/aromatic N) is 3. The lowest BCUT2D eigenvalue weighted by Gasteiger charge is -2.16. The predicted molar refractivity (Wildman–Crippen MR) is 182 cm³/mol. The van der Waals surface area contributed by atoms with E-state index in [2.05, 4.69) is 47.7 Å². The van der Waals surface area contributed by atoms with Crippen molar-refractivity contribution in [1.29, 1.82) is 0 Å². The second kappa shape index (κ2) is 15.5. The number of benzene rings is 3. The largest absolute Gasteiger partial charge is 0.490 e. The first-order valence-electron chi connectivity index (χ1n) is 15.3. The summed E-state index contributed by atoms with van der Waals surface area (Å²) in [6, 6.07) is 25.0. The number of amides is 1. The topological polar surface area (TPSA) is 130 Å². The van der Waals surface area contributed by atoms with Crippen LogP contribution in [0.15, 0.2) is 107 Å². The molecule has 0 saturated carbocycles. The van der Waals surface area contributed by atoms with Crippen LogP contribution in [-0.4, -0.2) is 28.2 Å². The highest BCUT2D eigenvalue weighted by Gasteiger charge is 2.15. The van der Waals surface area contributed by atoms with Crippen LogP contribution >= 0.6 is 0 Å². The van der Waals surface area contributed by atoms with E-state index in [1.54, 1.807) is 36.4 Å². The first-order chi connectivity index (χ1) is 23.2. The number of aryl methyl sites for hydroxylation is 2. The summed E-state index contributed by atoms with van der Waals surface area (Å²) < 4.78 is 25.7. The number of hydrogen-bond donors (Lipinski definition) is 1. The number of nitro benzene ring substituents is 1. The van der Waals surface area contributed by atoms with Crippen LogP contribution in [0.2, 0.25) is 0 Å². The van der Waals surface area contributed by atoms with Crippen molar-refractivity contribution in [3.05, 3.63) is 147 Å². The van der Waals surface area contributed by atoms with Crippen molar-refractivity contribution in [2.24, 2.45) is 5.10 Å². The van der Waals surface area contributed by atoms with Crippen molar-refractivity contribution in [2.75, 3.05) is 6.61 Å². The van der Waals surface area contributed by atoms with E-state index in [0.717, 1.165) is 28.2 Å². The molecule has 2 aromatic heterocycles. The Balaban J connectivity index is 1.19. The number of carbonyl (C=O) groups is 1. The first-order valence-corrected chi connectivity index (χ1v) is 15.3. The first kappa shape index (κ1) is 33.3. The quantitative estimate of drug-likeness (QED) is 0.0534. The SMILES string of the molecule is C=CCc1cc(/C=N/NC(=O)c2ccc(COc3ccc(-n4c(C)ccc4C)cc3)o2)cc(OCC)c1OCc1ccc([N+](=O)[O-])cc1. The number of furan rings is 1. The summed E-state index contributed by atoms with van der Waals surface area (Å²) in [7, 11) is 0. The normalized spacial score (nSPS) is 11.0. The van der Waals surface area contributed by atoms with Gasteiger partial charge in [0.1, 0.15) is 24.7 Å². The summed E-state index contributed by atoms with van der Waals surface area (Å²) in [6.45, 7) is 10.6. The zero-order valence-electron chi connectivity index (χ0n) is 27.0. The molecule has 0 unspecified atom stereocenters. The fourth-order valence-corrected chi connectivity index (χ4v) is 5.08. The van der Waals surface area contributed by atoms with Crippen molar-refractivity contribution in [1.82, 2.24) is 9.99 Å². The lowest BCUT2D eigenvalue weighted by molar-refractivity contribution is -0.384. The van der Waals surface area contributed by atoms with E-state index in [-0.39, 0.29) is 24.7 Å². The second-order valence-corrected chi connectivity index (χ2v) is 10.8. The van der Waals surface area contributed by atoms with Gasteiger partial charge in [0.05, 0.1) is 17.7 Å². The Bertz CT molecular complexity index is 1900. The molecular weight excluding hydrogens is 612 g/mol. The maximum absolute atomic E-state index is 12.7. The third-order valence-electron chi connectivity index (χ3n) is 7.36. The molecule has 48 heavy (non-hydrogen) atoms. The number of hydrazone groups is 1. The minimum absolute atomic E-state index is 0.00863. The molecule has 1 N–H and O–H groups in total. The van der Waals surface area contributed by atoms with Gasteiger partial charge in [-0.1, -0.05) is 6.08 Å². The van der Waals surface area contributed by atoms with Gasteiger partial charge < -0.3 is 23.2 Å². The lowest BCUT2D eigenvalue weighted by atomic mass is 10.1. The Morgan fingerprint density at radius 1 is 0.958 bits per heavy atom. The van der Waals surface area contributed by atoms with Gasteiger partial charge >= 0.3 is 5.91 Å². The number of nitro groups is 1. The molecule has 11 heteroatoms. The van der Waals surface area contributed by atoms with Crippen molar-refractivity contribution < 1.29 is 28.3 Å². The molecule has 1 amide bonds. The maximum Gasteiger partial charge on any atom is 0.307 e. The minimum atomic E-state index is -0.515. The Hall–Kier alpha value is -6.10. The number of aromatic nitrogens is 1. The molecule has 0 aliphatic heterocycles. The average Bonchev–Trinajstić information content (AvgIpc) is 3.70. The van der Waals surface area contributed by atoms with Crippen molar-refractivity contribution >= 4 is 17.8 Å². The molecule has 0 saturated heterocycles. The van der Waals surface area contributed by atoms with E-state index >= 15 is 0 Å². The van der Waals surface area contributed by atoms with Crippen LogP contribution in [0.1, 0.15) is 51.3 Å². The summed E-state index contributed by atoms with van der Waals surface area (Å²) in [5, 5.41) is 15.1. The summed E-state index contributed by atoms with van der Waals surface area (Å²) in [4.78, 5) is 23.3. The van der Waals surface area contributed by atoms with Gasteiger partial charge in [-0.25, -0.2) is 5.43 Å². The molecule has 3 aromatic carbocycles. The maximum atomic E-state index is 12.7. The minimum Gasteiger partial charge on any atom is -0.490 e. The van der Waals surface area contributed by atoms with Crippen molar-refractivity contribution in [3.8, 4) is 22.9 Å². The molecule has 5 rings (SSSR count). The highest BCUT2D eigenvalue weighted by molar-refractivity contribution is 5.92. The monoisotopic (exact) mass is 648 g/mol. The van der Waals surface area contributed by atoms with Gasteiger partial charge in [0.25, 0.3) is 5.69 Å². The lowest BCUT2D eigenvalue weighted by Crippen LogP contribution is -2.16. The van der Waals surface area contributed by atoms with Gasteiger partial charge in [0.15, 0.2) is 17.3 Å². The zero-order chi connectivity index (χ0) is 34.0. The van der Waals surface area contributed by atoms with E-state index in [0.29, 0.717) is 41.6 Å². The van der Waals surface area contributed by atoms with Gasteiger partial charge in [-0.2, -0.15) is 5.10 Å². The number of non-ortho nitro benzene ring substituents is 1. The molecular formula is C37H36N4O7. The van der Waals surface area contributed by atoms with Gasteiger partial charge in [-0.15, -0.1) is 6.58 Å². The van der Waals surface area contributed by atoms with Gasteiger partial charge in [-0.3, -0.25) is 14.9 Å². The Morgan fingerprint density at radius 3 is 2.35 bits per heavy atom. The number of allylic oxidation sites excluding steroid dienone is 1. The molecule has 0 fully saturated rings. The van der Waals surface area contributed by atoms with Crippen LogP contribution in [0.25, 0.3) is 5.69 Å². The van der Waals surface area contributed by atoms with Crippen LogP contribution < -0.4 is 19.6 Å². The molecule has 0 spiro atoms. The van der Waals surface area contributed by atoms with E-state index in [1.807, 2.05) is 37.3 Å². The van der Waals surface area contributed by atoms with Gasteiger partial charge in [-0.05, 0) is 111 Å². The van der Waals surface area contributed by atoms with Crippen molar-refractivity contribution in [3.63, 3.8) is 0 Å². The molecule has 5 aromatic rings.